The lowest BCUT2D eigenvalue weighted by Gasteiger charge is -2.33. The highest BCUT2D eigenvalue weighted by molar-refractivity contribution is 7.13. The largest absolute Gasteiger partial charge is 0.444 e. The molecule has 1 aliphatic rings. The van der Waals surface area contributed by atoms with E-state index < -0.39 is 5.60 Å². The Morgan fingerprint density at radius 2 is 2.37 bits per heavy atom. The summed E-state index contributed by atoms with van der Waals surface area (Å²) in [7, 11) is 0. The van der Waals surface area contributed by atoms with Crippen molar-refractivity contribution in [1.29, 1.82) is 0 Å². The number of amides is 1. The topological polar surface area (TPSA) is 77.7 Å². The van der Waals surface area contributed by atoms with Crippen molar-refractivity contribution in [2.24, 2.45) is 0 Å². The summed E-state index contributed by atoms with van der Waals surface area (Å²) in [5.74, 6) is 0. The lowest BCUT2D eigenvalue weighted by atomic mass is 10.2. The van der Waals surface area contributed by atoms with Gasteiger partial charge in [0.25, 0.3) is 0 Å². The molecule has 1 amide bonds. The van der Waals surface area contributed by atoms with Crippen LogP contribution in [-0.2, 0) is 9.47 Å². The lowest BCUT2D eigenvalue weighted by molar-refractivity contribution is -0.0444. The van der Waals surface area contributed by atoms with Crippen LogP contribution in [0.5, 0.6) is 0 Å². The molecular weight excluding hydrogens is 266 g/mol. The van der Waals surface area contributed by atoms with E-state index in [1.807, 2.05) is 26.2 Å². The monoisotopic (exact) mass is 285 g/mol. The van der Waals surface area contributed by atoms with E-state index in [0.717, 1.165) is 5.69 Å². The average Bonchev–Trinajstić information content (AvgIpc) is 2.74. The Kier molecular flexibility index (Phi) is 3.96. The van der Waals surface area contributed by atoms with Gasteiger partial charge in [0.2, 0.25) is 0 Å². The van der Waals surface area contributed by atoms with Crippen molar-refractivity contribution in [3.8, 4) is 0 Å². The number of hydrogen-bond donors (Lipinski definition) is 1. The molecule has 2 N–H and O–H groups in total. The highest BCUT2D eigenvalue weighted by Gasteiger charge is 2.29. The second kappa shape index (κ2) is 5.34. The van der Waals surface area contributed by atoms with Gasteiger partial charge in [-0.25, -0.2) is 9.78 Å². The Labute approximate surface area is 116 Å². The first-order chi connectivity index (χ1) is 8.85. The molecular formula is C12H19N3O3S. The number of hydrogen-bond acceptors (Lipinski definition) is 6. The summed E-state index contributed by atoms with van der Waals surface area (Å²) in [5.41, 5.74) is 5.89. The van der Waals surface area contributed by atoms with Crippen LogP contribution in [0.3, 0.4) is 0 Å². The van der Waals surface area contributed by atoms with Gasteiger partial charge in [0, 0.05) is 11.9 Å². The maximum absolute atomic E-state index is 12.0. The van der Waals surface area contributed by atoms with Crippen LogP contribution in [-0.4, -0.2) is 41.3 Å². The third-order valence-corrected chi connectivity index (χ3v) is 3.28. The first-order valence-corrected chi connectivity index (χ1v) is 7.03. The molecule has 6 nitrogen and oxygen atoms in total. The van der Waals surface area contributed by atoms with Crippen molar-refractivity contribution in [3.63, 3.8) is 0 Å². The van der Waals surface area contributed by atoms with E-state index in [9.17, 15) is 4.79 Å². The Hall–Kier alpha value is -1.34. The molecule has 7 heteroatoms. The van der Waals surface area contributed by atoms with E-state index in [1.165, 1.54) is 11.3 Å². The molecule has 106 valence electrons. The molecule has 0 saturated carbocycles. The molecule has 0 radical (unpaired) electrons. The van der Waals surface area contributed by atoms with E-state index in [-0.39, 0.29) is 12.2 Å². The molecule has 0 aromatic carbocycles. The van der Waals surface area contributed by atoms with Gasteiger partial charge in [-0.2, -0.15) is 0 Å². The molecule has 0 bridgehead atoms. The van der Waals surface area contributed by atoms with Crippen molar-refractivity contribution in [2.45, 2.75) is 32.5 Å². The average molecular weight is 285 g/mol. The van der Waals surface area contributed by atoms with Gasteiger partial charge < -0.3 is 20.1 Å². The van der Waals surface area contributed by atoms with Crippen molar-refractivity contribution in [1.82, 2.24) is 9.88 Å². The van der Waals surface area contributed by atoms with Crippen LogP contribution in [0.4, 0.5) is 9.93 Å². The molecule has 1 aromatic heterocycles. The zero-order chi connectivity index (χ0) is 14.0. The molecule has 1 aromatic rings. The third-order valence-electron chi connectivity index (χ3n) is 2.59. The summed E-state index contributed by atoms with van der Waals surface area (Å²) in [4.78, 5) is 17.8. The Bertz CT molecular complexity index is 455. The molecule has 1 saturated heterocycles. The van der Waals surface area contributed by atoms with E-state index in [0.29, 0.717) is 24.8 Å². The molecule has 1 fully saturated rings. The number of rotatable bonds is 1. The number of nitrogens with two attached hydrogens (primary N) is 1. The predicted molar refractivity (Wildman–Crippen MR) is 73.0 cm³/mol. The molecule has 0 aliphatic carbocycles. The summed E-state index contributed by atoms with van der Waals surface area (Å²) >= 11 is 1.37. The number of ether oxygens (including phenoxy) is 2. The van der Waals surface area contributed by atoms with E-state index in [4.69, 9.17) is 15.2 Å². The summed E-state index contributed by atoms with van der Waals surface area (Å²) < 4.78 is 11.0. The van der Waals surface area contributed by atoms with E-state index in [1.54, 1.807) is 4.90 Å². The number of aromatic nitrogens is 1. The molecule has 1 atom stereocenters. The van der Waals surface area contributed by atoms with Gasteiger partial charge in [-0.1, -0.05) is 0 Å². The maximum atomic E-state index is 12.0. The van der Waals surface area contributed by atoms with Gasteiger partial charge in [-0.05, 0) is 20.8 Å². The van der Waals surface area contributed by atoms with Crippen molar-refractivity contribution >= 4 is 22.6 Å². The van der Waals surface area contributed by atoms with Gasteiger partial charge in [0.05, 0.1) is 18.8 Å². The summed E-state index contributed by atoms with van der Waals surface area (Å²) in [6, 6.07) is 0. The minimum Gasteiger partial charge on any atom is -0.444 e. The molecule has 2 heterocycles. The number of nitrogens with zero attached hydrogens (tertiary/aromatic N) is 2. The van der Waals surface area contributed by atoms with E-state index >= 15 is 0 Å². The fourth-order valence-corrected chi connectivity index (χ4v) is 2.37. The van der Waals surface area contributed by atoms with Gasteiger partial charge >= 0.3 is 6.09 Å². The first kappa shape index (κ1) is 14.1. The molecule has 0 spiro atoms. The number of thiazole rings is 1. The van der Waals surface area contributed by atoms with Gasteiger partial charge in [-0.3, -0.25) is 0 Å². The van der Waals surface area contributed by atoms with Crippen LogP contribution in [0.15, 0.2) is 5.38 Å². The smallest absolute Gasteiger partial charge is 0.410 e. The van der Waals surface area contributed by atoms with Gasteiger partial charge in [0.1, 0.15) is 11.7 Å². The second-order valence-corrected chi connectivity index (χ2v) is 6.29. The fraction of sp³-hybridized carbons (Fsp3) is 0.667. The molecule has 1 unspecified atom stereocenters. The minimum absolute atomic E-state index is 0.227. The normalized spacial score (nSPS) is 20.4. The van der Waals surface area contributed by atoms with Crippen LogP contribution < -0.4 is 5.73 Å². The summed E-state index contributed by atoms with van der Waals surface area (Å²) in [5, 5.41) is 2.37. The first-order valence-electron chi connectivity index (χ1n) is 6.15. The number of carbonyl (C=O) groups excluding carboxylic acids is 1. The quantitative estimate of drug-likeness (QED) is 0.854. The Morgan fingerprint density at radius 3 is 2.95 bits per heavy atom. The number of morpholine rings is 1. The molecule has 1 aliphatic heterocycles. The standard InChI is InChI=1S/C12H19N3O3S/c1-12(2,3)18-11(16)15-4-5-17-9(6-15)8-7-19-10(13)14-8/h7,9H,4-6H2,1-3H3,(H2,13,14). The van der Waals surface area contributed by atoms with Crippen LogP contribution in [0, 0.1) is 0 Å². The minimum atomic E-state index is -0.490. The van der Waals surface area contributed by atoms with E-state index in [2.05, 4.69) is 4.98 Å². The third kappa shape index (κ3) is 3.81. The second-order valence-electron chi connectivity index (χ2n) is 5.40. The van der Waals surface area contributed by atoms with Crippen LogP contribution in [0.25, 0.3) is 0 Å². The van der Waals surface area contributed by atoms with Gasteiger partial charge in [-0.15, -0.1) is 11.3 Å². The zero-order valence-electron chi connectivity index (χ0n) is 11.4. The zero-order valence-corrected chi connectivity index (χ0v) is 12.2. The fourth-order valence-electron chi connectivity index (χ4n) is 1.77. The number of carbonyl (C=O) groups is 1. The van der Waals surface area contributed by atoms with Gasteiger partial charge in [0.15, 0.2) is 5.13 Å². The Balaban J connectivity index is 1.99. The van der Waals surface area contributed by atoms with Crippen molar-refractivity contribution in [2.75, 3.05) is 25.4 Å². The maximum Gasteiger partial charge on any atom is 0.410 e. The molecule has 2 rings (SSSR count). The molecule has 19 heavy (non-hydrogen) atoms. The lowest BCUT2D eigenvalue weighted by Crippen LogP contribution is -2.44. The number of nitrogen functional groups attached to an aromatic ring is 1. The van der Waals surface area contributed by atoms with Crippen molar-refractivity contribution in [3.05, 3.63) is 11.1 Å². The summed E-state index contributed by atoms with van der Waals surface area (Å²) in [6.07, 6.45) is -0.543. The highest BCUT2D eigenvalue weighted by Crippen LogP contribution is 2.25. The highest BCUT2D eigenvalue weighted by atomic mass is 32.1. The van der Waals surface area contributed by atoms with Crippen molar-refractivity contribution < 1.29 is 14.3 Å². The van der Waals surface area contributed by atoms with Crippen LogP contribution >= 0.6 is 11.3 Å². The van der Waals surface area contributed by atoms with Crippen LogP contribution in [0.1, 0.15) is 32.6 Å². The number of anilines is 1. The predicted octanol–water partition coefficient (Wildman–Crippen LogP) is 2.03. The Morgan fingerprint density at radius 1 is 1.63 bits per heavy atom. The SMILES string of the molecule is CC(C)(C)OC(=O)N1CCOC(c2csc(N)n2)C1. The summed E-state index contributed by atoms with van der Waals surface area (Å²) in [6.45, 7) is 7.00. The van der Waals surface area contributed by atoms with Crippen LogP contribution in [0.2, 0.25) is 0 Å².